The Kier molecular flexibility index (Phi) is 5.49. The van der Waals surface area contributed by atoms with Crippen molar-refractivity contribution >= 4 is 5.69 Å². The van der Waals surface area contributed by atoms with Gasteiger partial charge in [-0.25, -0.2) is 0 Å². The van der Waals surface area contributed by atoms with Crippen molar-refractivity contribution in [1.29, 1.82) is 0 Å². The first kappa shape index (κ1) is 14.0. The molecule has 0 aliphatic heterocycles. The molecular formula is C15H26N2. The lowest BCUT2D eigenvalue weighted by Crippen LogP contribution is -2.30. The second-order valence-corrected chi connectivity index (χ2v) is 4.96. The van der Waals surface area contributed by atoms with E-state index in [9.17, 15) is 0 Å². The van der Waals surface area contributed by atoms with Gasteiger partial charge in [-0.15, -0.1) is 0 Å². The van der Waals surface area contributed by atoms with Crippen LogP contribution in [0.5, 0.6) is 0 Å². The normalized spacial score (nSPS) is 12.5. The van der Waals surface area contributed by atoms with Crippen molar-refractivity contribution in [3.8, 4) is 0 Å². The van der Waals surface area contributed by atoms with Gasteiger partial charge in [0.2, 0.25) is 0 Å². The number of nitrogens with one attached hydrogen (secondary N) is 1. The van der Waals surface area contributed by atoms with Gasteiger partial charge in [0.1, 0.15) is 0 Å². The third-order valence-electron chi connectivity index (χ3n) is 3.21. The first-order valence-corrected chi connectivity index (χ1v) is 6.56. The second-order valence-electron chi connectivity index (χ2n) is 4.96. The fourth-order valence-electron chi connectivity index (χ4n) is 2.19. The molecule has 0 saturated carbocycles. The molecule has 0 fully saturated rings. The maximum absolute atomic E-state index is 3.45. The number of benzene rings is 1. The first-order chi connectivity index (χ1) is 8.04. The van der Waals surface area contributed by atoms with Crippen LogP contribution < -0.4 is 10.2 Å². The van der Waals surface area contributed by atoms with E-state index in [1.54, 1.807) is 0 Å². The summed E-state index contributed by atoms with van der Waals surface area (Å²) in [5.41, 5.74) is 4.04. The summed E-state index contributed by atoms with van der Waals surface area (Å²) in [6, 6.07) is 7.25. The second kappa shape index (κ2) is 6.65. The quantitative estimate of drug-likeness (QED) is 0.813. The molecule has 1 unspecified atom stereocenters. The third-order valence-corrected chi connectivity index (χ3v) is 3.21. The van der Waals surface area contributed by atoms with Gasteiger partial charge in [-0.2, -0.15) is 0 Å². The molecule has 1 aromatic carbocycles. The summed E-state index contributed by atoms with van der Waals surface area (Å²) >= 11 is 0. The van der Waals surface area contributed by atoms with E-state index in [-0.39, 0.29) is 0 Å². The van der Waals surface area contributed by atoms with Gasteiger partial charge in [0.25, 0.3) is 0 Å². The molecule has 0 aliphatic carbocycles. The molecule has 0 aliphatic rings. The third kappa shape index (κ3) is 4.39. The number of rotatable bonds is 6. The van der Waals surface area contributed by atoms with Crippen LogP contribution in [0.1, 0.15) is 31.4 Å². The Morgan fingerprint density at radius 2 is 2.00 bits per heavy atom. The van der Waals surface area contributed by atoms with Crippen molar-refractivity contribution in [2.75, 3.05) is 25.0 Å². The summed E-state index contributed by atoms with van der Waals surface area (Å²) in [5.74, 6) is 0. The first-order valence-electron chi connectivity index (χ1n) is 6.56. The molecule has 0 spiro atoms. The van der Waals surface area contributed by atoms with Crippen molar-refractivity contribution in [1.82, 2.24) is 5.32 Å². The molecule has 0 aromatic heterocycles. The zero-order valence-corrected chi connectivity index (χ0v) is 11.9. The van der Waals surface area contributed by atoms with Crippen LogP contribution in [0.25, 0.3) is 0 Å². The predicted molar refractivity (Wildman–Crippen MR) is 76.9 cm³/mol. The van der Waals surface area contributed by atoms with Crippen molar-refractivity contribution in [2.45, 2.75) is 40.2 Å². The Hall–Kier alpha value is -1.02. The van der Waals surface area contributed by atoms with E-state index < -0.39 is 0 Å². The van der Waals surface area contributed by atoms with Crippen molar-refractivity contribution in [3.63, 3.8) is 0 Å². The van der Waals surface area contributed by atoms with Crippen LogP contribution >= 0.6 is 0 Å². The lowest BCUT2D eigenvalue weighted by molar-refractivity contribution is 0.531. The van der Waals surface area contributed by atoms with Gasteiger partial charge in [0, 0.05) is 25.3 Å². The fourth-order valence-corrected chi connectivity index (χ4v) is 2.19. The molecule has 17 heavy (non-hydrogen) atoms. The summed E-state index contributed by atoms with van der Waals surface area (Å²) in [6.45, 7) is 10.9. The van der Waals surface area contributed by atoms with Crippen molar-refractivity contribution in [3.05, 3.63) is 29.3 Å². The molecule has 1 N–H and O–H groups in total. The Morgan fingerprint density at radius 3 is 2.59 bits per heavy atom. The van der Waals surface area contributed by atoms with E-state index in [1.165, 1.54) is 23.2 Å². The molecule has 1 aromatic rings. The zero-order chi connectivity index (χ0) is 12.8. The topological polar surface area (TPSA) is 15.3 Å². The van der Waals surface area contributed by atoms with Crippen LogP contribution in [-0.4, -0.2) is 26.2 Å². The molecule has 0 bridgehead atoms. The summed E-state index contributed by atoms with van der Waals surface area (Å²) in [6.07, 6.45) is 1.18. The molecule has 0 saturated heterocycles. The van der Waals surface area contributed by atoms with Gasteiger partial charge in [-0.05, 0) is 45.4 Å². The van der Waals surface area contributed by atoms with E-state index in [1.807, 2.05) is 0 Å². The Bertz CT molecular complexity index is 347. The highest BCUT2D eigenvalue weighted by molar-refractivity contribution is 5.53. The molecule has 1 atom stereocenters. The Labute approximate surface area is 106 Å². The van der Waals surface area contributed by atoms with Gasteiger partial charge in [0.15, 0.2) is 0 Å². The zero-order valence-electron chi connectivity index (χ0n) is 11.9. The molecule has 0 heterocycles. The lowest BCUT2D eigenvalue weighted by Gasteiger charge is -2.23. The van der Waals surface area contributed by atoms with E-state index >= 15 is 0 Å². The van der Waals surface area contributed by atoms with Crippen LogP contribution in [-0.2, 0) is 0 Å². The van der Waals surface area contributed by atoms with Crippen molar-refractivity contribution in [2.24, 2.45) is 0 Å². The average molecular weight is 234 g/mol. The molecule has 0 radical (unpaired) electrons. The van der Waals surface area contributed by atoms with Crippen LogP contribution in [0.3, 0.4) is 0 Å². The number of aryl methyl sites for hydroxylation is 2. The summed E-state index contributed by atoms with van der Waals surface area (Å²) < 4.78 is 0. The highest BCUT2D eigenvalue weighted by Crippen LogP contribution is 2.20. The maximum atomic E-state index is 3.45. The minimum atomic E-state index is 0.591. The van der Waals surface area contributed by atoms with Gasteiger partial charge >= 0.3 is 0 Å². The number of nitrogens with zero attached hydrogens (tertiary/aromatic N) is 1. The number of anilines is 1. The van der Waals surface area contributed by atoms with Crippen LogP contribution in [0.4, 0.5) is 5.69 Å². The monoisotopic (exact) mass is 234 g/mol. The van der Waals surface area contributed by atoms with Crippen molar-refractivity contribution < 1.29 is 0 Å². The van der Waals surface area contributed by atoms with E-state index in [0.717, 1.165) is 13.1 Å². The highest BCUT2D eigenvalue weighted by Gasteiger charge is 2.06. The molecular weight excluding hydrogens is 208 g/mol. The van der Waals surface area contributed by atoms with E-state index in [2.05, 4.69) is 63.2 Å². The average Bonchev–Trinajstić information content (AvgIpc) is 2.26. The Morgan fingerprint density at radius 1 is 1.29 bits per heavy atom. The number of hydrogen-bond donors (Lipinski definition) is 1. The SMILES string of the molecule is CCNC(C)CCN(C)c1ccc(C)cc1C. The van der Waals surface area contributed by atoms with Crippen LogP contribution in [0, 0.1) is 13.8 Å². The maximum Gasteiger partial charge on any atom is 0.0393 e. The molecule has 2 nitrogen and oxygen atoms in total. The minimum Gasteiger partial charge on any atom is -0.374 e. The number of hydrogen-bond acceptors (Lipinski definition) is 2. The molecule has 96 valence electrons. The van der Waals surface area contributed by atoms with Gasteiger partial charge in [-0.3, -0.25) is 0 Å². The highest BCUT2D eigenvalue weighted by atomic mass is 15.1. The summed E-state index contributed by atoms with van der Waals surface area (Å²) in [5, 5.41) is 3.45. The largest absolute Gasteiger partial charge is 0.374 e. The smallest absolute Gasteiger partial charge is 0.0393 e. The van der Waals surface area contributed by atoms with Gasteiger partial charge < -0.3 is 10.2 Å². The minimum absolute atomic E-state index is 0.591. The standard InChI is InChI=1S/C15H26N2/c1-6-16-14(4)9-10-17(5)15-8-7-12(2)11-13(15)3/h7-8,11,14,16H,6,9-10H2,1-5H3. The van der Waals surface area contributed by atoms with Crippen LogP contribution in [0.15, 0.2) is 18.2 Å². The van der Waals surface area contributed by atoms with E-state index in [0.29, 0.717) is 6.04 Å². The summed E-state index contributed by atoms with van der Waals surface area (Å²) in [7, 11) is 2.18. The predicted octanol–water partition coefficient (Wildman–Crippen LogP) is 3.13. The fraction of sp³-hybridized carbons (Fsp3) is 0.600. The lowest BCUT2D eigenvalue weighted by atomic mass is 10.1. The molecule has 1 rings (SSSR count). The Balaban J connectivity index is 2.54. The van der Waals surface area contributed by atoms with Crippen LogP contribution in [0.2, 0.25) is 0 Å². The van der Waals surface area contributed by atoms with Gasteiger partial charge in [0.05, 0.1) is 0 Å². The van der Waals surface area contributed by atoms with Gasteiger partial charge in [-0.1, -0.05) is 24.6 Å². The van der Waals surface area contributed by atoms with E-state index in [4.69, 9.17) is 0 Å². The molecule has 2 heteroatoms. The molecule has 0 amide bonds. The summed E-state index contributed by atoms with van der Waals surface area (Å²) in [4.78, 5) is 2.35.